The summed E-state index contributed by atoms with van der Waals surface area (Å²) in [6.07, 6.45) is 1.17. The fourth-order valence-electron chi connectivity index (χ4n) is 4.15. The predicted molar refractivity (Wildman–Crippen MR) is 123 cm³/mol. The van der Waals surface area contributed by atoms with Gasteiger partial charge in [0.05, 0.1) is 36.5 Å². The minimum atomic E-state index is -0.339. The van der Waals surface area contributed by atoms with Gasteiger partial charge in [0, 0.05) is 30.7 Å². The maximum absolute atomic E-state index is 14.3. The number of hydrogen-bond acceptors (Lipinski definition) is 8. The molecule has 9 heteroatoms. The first-order valence-corrected chi connectivity index (χ1v) is 10.6. The van der Waals surface area contributed by atoms with Gasteiger partial charge in [0.2, 0.25) is 11.8 Å². The van der Waals surface area contributed by atoms with Gasteiger partial charge >= 0.3 is 0 Å². The van der Waals surface area contributed by atoms with Crippen molar-refractivity contribution < 1.29 is 18.7 Å². The number of oxime groups is 1. The summed E-state index contributed by atoms with van der Waals surface area (Å²) in [5, 5.41) is 4.38. The van der Waals surface area contributed by atoms with Crippen molar-refractivity contribution in [3.05, 3.63) is 64.7 Å². The number of halogens is 1. The van der Waals surface area contributed by atoms with Crippen LogP contribution in [-0.2, 0) is 16.0 Å². The molecule has 4 rings (SSSR count). The molecule has 0 fully saturated rings. The van der Waals surface area contributed by atoms with Crippen molar-refractivity contribution in [2.45, 2.75) is 25.7 Å². The van der Waals surface area contributed by atoms with E-state index < -0.39 is 0 Å². The highest BCUT2D eigenvalue weighted by Crippen LogP contribution is 2.38. The number of nitrogen functional groups attached to an aromatic ring is 1. The number of aromatic nitrogens is 3. The third kappa shape index (κ3) is 4.93. The fraction of sp³-hybridized carbons (Fsp3) is 0.333. The summed E-state index contributed by atoms with van der Waals surface area (Å²) in [5.74, 6) is 0.287. The van der Waals surface area contributed by atoms with Crippen molar-refractivity contribution in [1.82, 2.24) is 15.0 Å². The lowest BCUT2D eigenvalue weighted by molar-refractivity contribution is 0.0747. The second-order valence-corrected chi connectivity index (χ2v) is 7.75. The van der Waals surface area contributed by atoms with Gasteiger partial charge in [0.25, 0.3) is 0 Å². The van der Waals surface area contributed by atoms with E-state index in [-0.39, 0.29) is 17.7 Å². The molecule has 0 saturated heterocycles. The van der Waals surface area contributed by atoms with E-state index in [9.17, 15) is 4.39 Å². The van der Waals surface area contributed by atoms with Gasteiger partial charge in [-0.1, -0.05) is 17.3 Å². The number of nitrogens with two attached hydrogens (primary N) is 1. The summed E-state index contributed by atoms with van der Waals surface area (Å²) in [7, 11) is 3.15. The number of ether oxygens (including phenoxy) is 2. The molecule has 1 atom stereocenters. The molecule has 8 nitrogen and oxygen atoms in total. The van der Waals surface area contributed by atoms with E-state index >= 15 is 0 Å². The van der Waals surface area contributed by atoms with Gasteiger partial charge in [-0.05, 0) is 43.0 Å². The Kier molecular flexibility index (Phi) is 6.79. The van der Waals surface area contributed by atoms with E-state index in [2.05, 4.69) is 20.1 Å². The molecule has 0 radical (unpaired) electrons. The number of anilines is 1. The third-order valence-corrected chi connectivity index (χ3v) is 5.57. The number of fused-ring (bicyclic) bond motifs is 1. The van der Waals surface area contributed by atoms with E-state index in [1.54, 1.807) is 26.4 Å². The zero-order valence-corrected chi connectivity index (χ0v) is 18.8. The Morgan fingerprint density at radius 2 is 1.94 bits per heavy atom. The molecule has 0 amide bonds. The van der Waals surface area contributed by atoms with Crippen LogP contribution in [0.15, 0.2) is 41.6 Å². The summed E-state index contributed by atoms with van der Waals surface area (Å²) < 4.78 is 24.6. The molecule has 2 N–H and O–H groups in total. The zero-order valence-electron chi connectivity index (χ0n) is 18.8. The first kappa shape index (κ1) is 22.6. The van der Waals surface area contributed by atoms with Crippen LogP contribution in [0.3, 0.4) is 0 Å². The molecular formula is C24H26FN5O3. The summed E-state index contributed by atoms with van der Waals surface area (Å²) in [6.45, 7) is 2.63. The smallest absolute Gasteiger partial charge is 0.220 e. The van der Waals surface area contributed by atoms with Crippen molar-refractivity contribution in [3.8, 4) is 17.1 Å². The highest BCUT2D eigenvalue weighted by molar-refractivity contribution is 6.03. The average Bonchev–Trinajstić information content (AvgIpc) is 2.81. The van der Waals surface area contributed by atoms with Crippen LogP contribution in [0.1, 0.15) is 34.9 Å². The monoisotopic (exact) mass is 451 g/mol. The SMILES string of the molecule is COCCO/N=C1\CC(c2ccc(F)cc2-c2cccc(OC)n2)Cc2nc(N)nc(C)c21. The zero-order chi connectivity index (χ0) is 23.4. The Morgan fingerprint density at radius 3 is 2.73 bits per heavy atom. The largest absolute Gasteiger partial charge is 0.481 e. The van der Waals surface area contributed by atoms with Crippen LogP contribution in [0.5, 0.6) is 5.88 Å². The Bertz CT molecular complexity index is 1180. The molecule has 1 unspecified atom stereocenters. The minimum Gasteiger partial charge on any atom is -0.481 e. The molecule has 1 aliphatic carbocycles. The summed E-state index contributed by atoms with van der Waals surface area (Å²) in [5.41, 5.74) is 11.3. The third-order valence-electron chi connectivity index (χ3n) is 5.57. The molecule has 33 heavy (non-hydrogen) atoms. The highest BCUT2D eigenvalue weighted by Gasteiger charge is 2.31. The Morgan fingerprint density at radius 1 is 1.09 bits per heavy atom. The lowest BCUT2D eigenvalue weighted by atomic mass is 9.79. The Hall–Kier alpha value is -3.59. The van der Waals surface area contributed by atoms with Crippen LogP contribution in [0.2, 0.25) is 0 Å². The fourth-order valence-corrected chi connectivity index (χ4v) is 4.15. The van der Waals surface area contributed by atoms with Crippen LogP contribution in [-0.4, -0.2) is 48.1 Å². The lowest BCUT2D eigenvalue weighted by Crippen LogP contribution is -2.24. The average molecular weight is 452 g/mol. The second kappa shape index (κ2) is 9.91. The van der Waals surface area contributed by atoms with Crippen molar-refractivity contribution in [2.75, 3.05) is 33.2 Å². The Labute approximate surface area is 191 Å². The molecular weight excluding hydrogens is 425 g/mol. The molecule has 2 aromatic heterocycles. The Balaban J connectivity index is 1.78. The number of aryl methyl sites for hydroxylation is 1. The maximum Gasteiger partial charge on any atom is 0.220 e. The molecule has 1 aliphatic rings. The van der Waals surface area contributed by atoms with Crippen molar-refractivity contribution in [3.63, 3.8) is 0 Å². The molecule has 2 heterocycles. The molecule has 172 valence electrons. The van der Waals surface area contributed by atoms with Crippen LogP contribution in [0.4, 0.5) is 10.3 Å². The van der Waals surface area contributed by atoms with Crippen molar-refractivity contribution >= 4 is 11.7 Å². The van der Waals surface area contributed by atoms with Crippen LogP contribution in [0, 0.1) is 12.7 Å². The quantitative estimate of drug-likeness (QED) is 0.432. The van der Waals surface area contributed by atoms with Gasteiger partial charge in [-0.2, -0.15) is 0 Å². The van der Waals surface area contributed by atoms with Crippen LogP contribution < -0.4 is 10.5 Å². The number of benzene rings is 1. The highest BCUT2D eigenvalue weighted by atomic mass is 19.1. The number of rotatable bonds is 7. The molecule has 1 aromatic carbocycles. The van der Waals surface area contributed by atoms with E-state index in [1.165, 1.54) is 12.1 Å². The van der Waals surface area contributed by atoms with Crippen LogP contribution in [0.25, 0.3) is 11.3 Å². The van der Waals surface area contributed by atoms with Gasteiger partial charge in [-0.15, -0.1) is 0 Å². The summed E-state index contributed by atoms with van der Waals surface area (Å²) in [6, 6.07) is 10.2. The van der Waals surface area contributed by atoms with Gasteiger partial charge in [0.1, 0.15) is 12.4 Å². The van der Waals surface area contributed by atoms with Gasteiger partial charge in [0.15, 0.2) is 0 Å². The predicted octanol–water partition coefficient (Wildman–Crippen LogP) is 3.67. The van der Waals surface area contributed by atoms with Crippen molar-refractivity contribution in [2.24, 2.45) is 5.16 Å². The number of pyridine rings is 1. The minimum absolute atomic E-state index is 0.0421. The standard InChI is InChI=1S/C24H26FN5O3/c1-14-23-20(29-24(26)27-14)11-15(12-21(23)30-33-10-9-31-2)17-8-7-16(25)13-18(17)19-5-4-6-22(28-19)32-3/h4-8,13,15H,9-12H2,1-3H3,(H2,26,27,29)/b30-21+. The summed E-state index contributed by atoms with van der Waals surface area (Å²) >= 11 is 0. The topological polar surface area (TPSA) is 105 Å². The van der Waals surface area contributed by atoms with E-state index in [0.717, 1.165) is 28.2 Å². The maximum atomic E-state index is 14.3. The normalized spacial score (nSPS) is 16.5. The van der Waals surface area contributed by atoms with Gasteiger partial charge < -0.3 is 20.0 Å². The molecule has 0 bridgehead atoms. The summed E-state index contributed by atoms with van der Waals surface area (Å²) in [4.78, 5) is 18.8. The molecule has 3 aromatic rings. The van der Waals surface area contributed by atoms with E-state index in [4.69, 9.17) is 20.0 Å². The van der Waals surface area contributed by atoms with Gasteiger partial charge in [-0.3, -0.25) is 0 Å². The van der Waals surface area contributed by atoms with Crippen LogP contribution >= 0.6 is 0 Å². The van der Waals surface area contributed by atoms with E-state index in [1.807, 2.05) is 19.1 Å². The molecule has 0 saturated carbocycles. The number of hydrogen-bond donors (Lipinski definition) is 1. The lowest BCUT2D eigenvalue weighted by Gasteiger charge is -2.27. The van der Waals surface area contributed by atoms with Crippen molar-refractivity contribution in [1.29, 1.82) is 0 Å². The van der Waals surface area contributed by atoms with E-state index in [0.29, 0.717) is 43.2 Å². The number of nitrogens with zero attached hydrogens (tertiary/aromatic N) is 4. The molecule has 0 spiro atoms. The second-order valence-electron chi connectivity index (χ2n) is 7.75. The first-order chi connectivity index (χ1) is 16.0. The molecule has 0 aliphatic heterocycles. The first-order valence-electron chi connectivity index (χ1n) is 10.6. The van der Waals surface area contributed by atoms with Gasteiger partial charge in [-0.25, -0.2) is 19.3 Å². The number of methoxy groups -OCH3 is 2.